The van der Waals surface area contributed by atoms with Crippen molar-refractivity contribution in [2.45, 2.75) is 25.8 Å². The molecule has 1 fully saturated rings. The third kappa shape index (κ3) is 3.06. The van der Waals surface area contributed by atoms with Gasteiger partial charge in [-0.2, -0.15) is 0 Å². The Bertz CT molecular complexity index is 341. The number of likely N-dealkylation sites (tertiary alicyclic amines) is 1. The summed E-state index contributed by atoms with van der Waals surface area (Å²) >= 11 is 0. The SMILES string of the molecule is CCN1CCCC1CNc1ncc(OC)cn1. The van der Waals surface area contributed by atoms with Crippen molar-refractivity contribution in [3.05, 3.63) is 12.4 Å². The normalized spacial score (nSPS) is 20.5. The van der Waals surface area contributed by atoms with Crippen LogP contribution < -0.4 is 10.1 Å². The van der Waals surface area contributed by atoms with Crippen LogP contribution in [0.5, 0.6) is 5.75 Å². The summed E-state index contributed by atoms with van der Waals surface area (Å²) in [7, 11) is 1.61. The van der Waals surface area contributed by atoms with Crippen LogP contribution in [0.15, 0.2) is 12.4 Å². The predicted octanol–water partition coefficient (Wildman–Crippen LogP) is 1.38. The fourth-order valence-corrected chi connectivity index (χ4v) is 2.26. The molecule has 1 aliphatic heterocycles. The molecule has 17 heavy (non-hydrogen) atoms. The number of rotatable bonds is 5. The van der Waals surface area contributed by atoms with Gasteiger partial charge in [0.25, 0.3) is 0 Å². The minimum atomic E-state index is 0.616. The van der Waals surface area contributed by atoms with Gasteiger partial charge in [-0.1, -0.05) is 6.92 Å². The minimum absolute atomic E-state index is 0.616. The van der Waals surface area contributed by atoms with E-state index in [1.54, 1.807) is 19.5 Å². The first kappa shape index (κ1) is 12.1. The zero-order valence-corrected chi connectivity index (χ0v) is 10.5. The molecule has 0 saturated carbocycles. The van der Waals surface area contributed by atoms with Gasteiger partial charge in [-0.05, 0) is 25.9 Å². The molecule has 94 valence electrons. The van der Waals surface area contributed by atoms with Crippen LogP contribution >= 0.6 is 0 Å². The molecule has 1 aliphatic rings. The van der Waals surface area contributed by atoms with Gasteiger partial charge in [0.15, 0.2) is 5.75 Å². The highest BCUT2D eigenvalue weighted by molar-refractivity contribution is 5.27. The van der Waals surface area contributed by atoms with Crippen LogP contribution in [-0.4, -0.2) is 47.7 Å². The van der Waals surface area contributed by atoms with Crippen LogP contribution in [0.3, 0.4) is 0 Å². The average molecular weight is 236 g/mol. The van der Waals surface area contributed by atoms with E-state index in [0.29, 0.717) is 17.7 Å². The van der Waals surface area contributed by atoms with Crippen molar-refractivity contribution in [1.29, 1.82) is 0 Å². The minimum Gasteiger partial charge on any atom is -0.494 e. The second-order valence-electron chi connectivity index (χ2n) is 4.25. The summed E-state index contributed by atoms with van der Waals surface area (Å²) in [5.74, 6) is 1.36. The van der Waals surface area contributed by atoms with Gasteiger partial charge in [-0.25, -0.2) is 9.97 Å². The van der Waals surface area contributed by atoms with Gasteiger partial charge < -0.3 is 10.1 Å². The molecule has 0 aliphatic carbocycles. The molecule has 2 rings (SSSR count). The Kier molecular flexibility index (Phi) is 4.14. The summed E-state index contributed by atoms with van der Waals surface area (Å²) in [5.41, 5.74) is 0. The van der Waals surface area contributed by atoms with Crippen LogP contribution in [0.25, 0.3) is 0 Å². The molecule has 1 aromatic rings. The van der Waals surface area contributed by atoms with Crippen molar-refractivity contribution >= 4 is 5.95 Å². The number of anilines is 1. The van der Waals surface area contributed by atoms with E-state index in [1.165, 1.54) is 19.4 Å². The van der Waals surface area contributed by atoms with Crippen molar-refractivity contribution in [3.63, 3.8) is 0 Å². The van der Waals surface area contributed by atoms with Crippen LogP contribution in [0.2, 0.25) is 0 Å². The number of aromatic nitrogens is 2. The molecular weight excluding hydrogens is 216 g/mol. The number of nitrogens with one attached hydrogen (secondary N) is 1. The lowest BCUT2D eigenvalue weighted by molar-refractivity contribution is 0.276. The Balaban J connectivity index is 1.84. The molecule has 0 amide bonds. The molecular formula is C12H20N4O. The van der Waals surface area contributed by atoms with Gasteiger partial charge in [-0.15, -0.1) is 0 Å². The van der Waals surface area contributed by atoms with Gasteiger partial charge >= 0.3 is 0 Å². The highest BCUT2D eigenvalue weighted by Gasteiger charge is 2.22. The fourth-order valence-electron chi connectivity index (χ4n) is 2.26. The fraction of sp³-hybridized carbons (Fsp3) is 0.667. The van der Waals surface area contributed by atoms with E-state index in [4.69, 9.17) is 4.74 Å². The summed E-state index contributed by atoms with van der Waals surface area (Å²) in [6.45, 7) is 5.46. The van der Waals surface area contributed by atoms with E-state index >= 15 is 0 Å². The van der Waals surface area contributed by atoms with E-state index in [2.05, 4.69) is 27.1 Å². The lowest BCUT2D eigenvalue weighted by Gasteiger charge is -2.22. The monoisotopic (exact) mass is 236 g/mol. The zero-order chi connectivity index (χ0) is 12.1. The smallest absolute Gasteiger partial charge is 0.222 e. The largest absolute Gasteiger partial charge is 0.494 e. The Morgan fingerprint density at radius 2 is 2.24 bits per heavy atom. The van der Waals surface area contributed by atoms with Crippen molar-refractivity contribution in [2.24, 2.45) is 0 Å². The third-order valence-corrected chi connectivity index (χ3v) is 3.26. The van der Waals surface area contributed by atoms with E-state index < -0.39 is 0 Å². The molecule has 5 nitrogen and oxygen atoms in total. The first-order valence-corrected chi connectivity index (χ1v) is 6.17. The molecule has 1 saturated heterocycles. The zero-order valence-electron chi connectivity index (χ0n) is 10.5. The lowest BCUT2D eigenvalue weighted by Crippen LogP contribution is -2.34. The topological polar surface area (TPSA) is 50.3 Å². The van der Waals surface area contributed by atoms with Gasteiger partial charge in [0, 0.05) is 12.6 Å². The first-order chi connectivity index (χ1) is 8.33. The van der Waals surface area contributed by atoms with Crippen molar-refractivity contribution in [2.75, 3.05) is 32.1 Å². The van der Waals surface area contributed by atoms with Crippen LogP contribution in [0.4, 0.5) is 5.95 Å². The molecule has 0 radical (unpaired) electrons. The number of hydrogen-bond acceptors (Lipinski definition) is 5. The Morgan fingerprint density at radius 3 is 2.88 bits per heavy atom. The average Bonchev–Trinajstić information content (AvgIpc) is 2.84. The Morgan fingerprint density at radius 1 is 1.47 bits per heavy atom. The predicted molar refractivity (Wildman–Crippen MR) is 67.3 cm³/mol. The standard InChI is InChI=1S/C12H20N4O/c1-3-16-6-4-5-10(16)7-13-12-14-8-11(17-2)9-15-12/h8-10H,3-7H2,1-2H3,(H,13,14,15). The lowest BCUT2D eigenvalue weighted by atomic mass is 10.2. The number of likely N-dealkylation sites (N-methyl/N-ethyl adjacent to an activating group) is 1. The molecule has 1 aromatic heterocycles. The summed E-state index contributed by atoms with van der Waals surface area (Å²) < 4.78 is 5.02. The molecule has 1 N–H and O–H groups in total. The van der Waals surface area contributed by atoms with E-state index in [1.807, 2.05) is 0 Å². The van der Waals surface area contributed by atoms with Gasteiger partial charge in [0.05, 0.1) is 19.5 Å². The van der Waals surface area contributed by atoms with Crippen molar-refractivity contribution in [1.82, 2.24) is 14.9 Å². The van der Waals surface area contributed by atoms with Crippen molar-refractivity contribution < 1.29 is 4.74 Å². The van der Waals surface area contributed by atoms with E-state index in [9.17, 15) is 0 Å². The van der Waals surface area contributed by atoms with Gasteiger partial charge in [0.2, 0.25) is 5.95 Å². The van der Waals surface area contributed by atoms with Crippen molar-refractivity contribution in [3.8, 4) is 5.75 Å². The molecule has 1 atom stereocenters. The van der Waals surface area contributed by atoms with Crippen LogP contribution in [0.1, 0.15) is 19.8 Å². The second-order valence-corrected chi connectivity index (χ2v) is 4.25. The summed E-state index contributed by atoms with van der Waals surface area (Å²) in [6.07, 6.45) is 5.92. The van der Waals surface area contributed by atoms with Crippen LogP contribution in [-0.2, 0) is 0 Å². The van der Waals surface area contributed by atoms with Crippen LogP contribution in [0, 0.1) is 0 Å². The molecule has 0 aromatic carbocycles. The maximum absolute atomic E-state index is 5.02. The molecule has 1 unspecified atom stereocenters. The first-order valence-electron chi connectivity index (χ1n) is 6.17. The Hall–Kier alpha value is -1.36. The van der Waals surface area contributed by atoms with E-state index in [-0.39, 0.29) is 0 Å². The highest BCUT2D eigenvalue weighted by atomic mass is 16.5. The number of methoxy groups -OCH3 is 1. The number of nitrogens with zero attached hydrogens (tertiary/aromatic N) is 3. The quantitative estimate of drug-likeness (QED) is 0.837. The summed E-state index contributed by atoms with van der Waals surface area (Å²) in [4.78, 5) is 10.9. The maximum atomic E-state index is 5.02. The third-order valence-electron chi connectivity index (χ3n) is 3.26. The molecule has 5 heteroatoms. The van der Waals surface area contributed by atoms with E-state index in [0.717, 1.165) is 13.1 Å². The Labute approximate surface area is 102 Å². The molecule has 0 spiro atoms. The molecule has 0 bridgehead atoms. The van der Waals surface area contributed by atoms with Gasteiger partial charge in [0.1, 0.15) is 0 Å². The number of hydrogen-bond donors (Lipinski definition) is 1. The summed E-state index contributed by atoms with van der Waals surface area (Å²) in [5, 5.41) is 3.28. The number of ether oxygens (including phenoxy) is 1. The van der Waals surface area contributed by atoms with Gasteiger partial charge in [-0.3, -0.25) is 4.90 Å². The molecule has 2 heterocycles. The second kappa shape index (κ2) is 5.82. The summed E-state index contributed by atoms with van der Waals surface area (Å²) in [6, 6.07) is 0.616. The maximum Gasteiger partial charge on any atom is 0.222 e. The highest BCUT2D eigenvalue weighted by Crippen LogP contribution is 2.16.